The van der Waals surface area contributed by atoms with Gasteiger partial charge in [0.05, 0.1) is 17.1 Å². The highest BCUT2D eigenvalue weighted by atomic mass is 32.2. The van der Waals surface area contributed by atoms with Crippen LogP contribution in [0, 0.1) is 5.92 Å². The van der Waals surface area contributed by atoms with Crippen LogP contribution in [0.5, 0.6) is 0 Å². The highest BCUT2D eigenvalue weighted by Crippen LogP contribution is 2.23. The molecule has 0 aromatic carbocycles. The van der Waals surface area contributed by atoms with Crippen LogP contribution in [0.1, 0.15) is 34.1 Å². The van der Waals surface area contributed by atoms with E-state index in [1.807, 2.05) is 4.90 Å². The maximum absolute atomic E-state index is 12.0. The third-order valence-corrected chi connectivity index (χ3v) is 6.46. The van der Waals surface area contributed by atoms with Gasteiger partial charge in [0.2, 0.25) is 0 Å². The molecule has 0 aromatic heterocycles. The Morgan fingerprint density at radius 2 is 2.05 bits per heavy atom. The number of nitrogens with one attached hydrogen (secondary N) is 1. The Morgan fingerprint density at radius 3 is 2.59 bits per heavy atom. The number of sulfone groups is 1. The predicted octanol–water partition coefficient (Wildman–Crippen LogP) is 1.13. The molecule has 0 saturated carbocycles. The van der Waals surface area contributed by atoms with Crippen LogP contribution >= 0.6 is 0 Å². The van der Waals surface area contributed by atoms with Gasteiger partial charge in [0.25, 0.3) is 0 Å². The van der Waals surface area contributed by atoms with Crippen molar-refractivity contribution in [1.29, 1.82) is 0 Å². The van der Waals surface area contributed by atoms with Crippen LogP contribution in [0.2, 0.25) is 0 Å². The van der Waals surface area contributed by atoms with Crippen molar-refractivity contribution in [3.63, 3.8) is 0 Å². The molecule has 0 spiro atoms. The molecule has 0 atom stereocenters. The van der Waals surface area contributed by atoms with E-state index in [9.17, 15) is 8.42 Å². The first-order valence-corrected chi connectivity index (χ1v) is 9.60. The van der Waals surface area contributed by atoms with Gasteiger partial charge in [-0.3, -0.25) is 4.99 Å². The average Bonchev–Trinajstić information content (AvgIpc) is 2.41. The van der Waals surface area contributed by atoms with Crippen molar-refractivity contribution in [2.45, 2.75) is 38.9 Å². The summed E-state index contributed by atoms with van der Waals surface area (Å²) in [6, 6.07) is 0. The maximum Gasteiger partial charge on any atom is 0.193 e. The predicted molar refractivity (Wildman–Crippen MR) is 91.1 cm³/mol. The molecule has 0 aliphatic carbocycles. The first-order valence-electron chi connectivity index (χ1n) is 7.95. The lowest BCUT2D eigenvalue weighted by atomic mass is 10.1. The molecule has 1 heterocycles. The van der Waals surface area contributed by atoms with E-state index in [2.05, 4.69) is 24.2 Å². The zero-order valence-electron chi connectivity index (χ0n) is 14.6. The van der Waals surface area contributed by atoms with Crippen LogP contribution in [-0.2, 0) is 14.6 Å². The molecule has 1 saturated heterocycles. The summed E-state index contributed by atoms with van der Waals surface area (Å²) in [7, 11) is -1.31. The van der Waals surface area contributed by atoms with E-state index >= 15 is 0 Å². The van der Waals surface area contributed by atoms with Crippen molar-refractivity contribution < 1.29 is 13.2 Å². The summed E-state index contributed by atoms with van der Waals surface area (Å²) in [6.07, 6.45) is 1.06. The average molecular weight is 333 g/mol. The van der Waals surface area contributed by atoms with Crippen molar-refractivity contribution in [3.05, 3.63) is 0 Å². The lowest BCUT2D eigenvalue weighted by Gasteiger charge is -2.39. The number of ether oxygens (including phenoxy) is 1. The smallest absolute Gasteiger partial charge is 0.193 e. The van der Waals surface area contributed by atoms with Gasteiger partial charge in [-0.1, -0.05) is 13.8 Å². The van der Waals surface area contributed by atoms with Crippen LogP contribution in [0.3, 0.4) is 0 Å². The van der Waals surface area contributed by atoms with Gasteiger partial charge < -0.3 is 15.0 Å². The lowest BCUT2D eigenvalue weighted by molar-refractivity contribution is 0.127. The second-order valence-corrected chi connectivity index (χ2v) is 9.51. The molecule has 0 aromatic rings. The minimum atomic E-state index is -3.03. The van der Waals surface area contributed by atoms with Crippen molar-refractivity contribution >= 4 is 15.8 Å². The monoisotopic (exact) mass is 333 g/mol. The van der Waals surface area contributed by atoms with Gasteiger partial charge >= 0.3 is 0 Å². The second-order valence-electron chi connectivity index (χ2n) is 6.77. The van der Waals surface area contributed by atoms with E-state index in [1.54, 1.807) is 20.9 Å². The number of aliphatic imine (C=N–C) groups is 1. The minimum absolute atomic E-state index is 0.172. The van der Waals surface area contributed by atoms with Gasteiger partial charge in [-0.25, -0.2) is 8.42 Å². The third-order valence-electron chi connectivity index (χ3n) is 3.92. The second kappa shape index (κ2) is 8.15. The molecule has 7 heteroatoms. The Balaban J connectivity index is 2.40. The van der Waals surface area contributed by atoms with E-state index in [0.29, 0.717) is 32.2 Å². The fourth-order valence-corrected chi connectivity index (χ4v) is 3.68. The van der Waals surface area contributed by atoms with Gasteiger partial charge in [-0.15, -0.1) is 0 Å². The van der Waals surface area contributed by atoms with E-state index in [-0.39, 0.29) is 5.75 Å². The van der Waals surface area contributed by atoms with E-state index in [0.717, 1.165) is 19.0 Å². The number of rotatable bonds is 6. The quantitative estimate of drug-likeness (QED) is 0.448. The van der Waals surface area contributed by atoms with Gasteiger partial charge in [-0.2, -0.15) is 0 Å². The SMILES string of the molecule is CN=C(NCCOCCC(C)C)N1CCS(=O)(=O)C(C)(C)C1. The Kier molecular flexibility index (Phi) is 7.12. The summed E-state index contributed by atoms with van der Waals surface area (Å²) in [5.74, 6) is 1.57. The molecule has 22 heavy (non-hydrogen) atoms. The molecule has 1 aliphatic rings. The van der Waals surface area contributed by atoms with Gasteiger partial charge in [0, 0.05) is 33.3 Å². The first kappa shape index (κ1) is 19.2. The van der Waals surface area contributed by atoms with Gasteiger partial charge in [0.15, 0.2) is 15.8 Å². The molecule has 1 rings (SSSR count). The molecule has 0 radical (unpaired) electrons. The van der Waals surface area contributed by atoms with Crippen molar-refractivity contribution in [2.24, 2.45) is 10.9 Å². The number of hydrogen-bond acceptors (Lipinski definition) is 4. The molecular weight excluding hydrogens is 302 g/mol. The normalized spacial score (nSPS) is 21.2. The van der Waals surface area contributed by atoms with E-state index in [4.69, 9.17) is 4.74 Å². The standard InChI is InChI=1S/C15H31N3O3S/c1-13(2)6-9-21-10-7-17-14(16-5)18-8-11-22(19,20)15(3,4)12-18/h13H,6-12H2,1-5H3,(H,16,17). The molecular formula is C15H31N3O3S. The zero-order valence-corrected chi connectivity index (χ0v) is 15.4. The maximum atomic E-state index is 12.0. The number of hydrogen-bond donors (Lipinski definition) is 1. The van der Waals surface area contributed by atoms with E-state index in [1.165, 1.54) is 0 Å². The van der Waals surface area contributed by atoms with Crippen molar-refractivity contribution in [1.82, 2.24) is 10.2 Å². The summed E-state index contributed by atoms with van der Waals surface area (Å²) in [6.45, 7) is 10.9. The molecule has 0 amide bonds. The van der Waals surface area contributed by atoms with Gasteiger partial charge in [-0.05, 0) is 26.2 Å². The first-order chi connectivity index (χ1) is 10.2. The number of nitrogens with zero attached hydrogens (tertiary/aromatic N) is 2. The van der Waals surface area contributed by atoms with Crippen LogP contribution < -0.4 is 5.32 Å². The minimum Gasteiger partial charge on any atom is -0.380 e. The molecule has 0 unspecified atom stereocenters. The molecule has 1 aliphatic heterocycles. The fourth-order valence-electron chi connectivity index (χ4n) is 2.31. The Morgan fingerprint density at radius 1 is 1.36 bits per heavy atom. The lowest BCUT2D eigenvalue weighted by Crippen LogP contribution is -2.57. The molecule has 0 bridgehead atoms. The zero-order chi connectivity index (χ0) is 16.8. The van der Waals surface area contributed by atoms with Crippen molar-refractivity contribution in [2.75, 3.05) is 45.6 Å². The Hall–Kier alpha value is -0.820. The third kappa shape index (κ3) is 5.43. The number of guanidine groups is 1. The summed E-state index contributed by atoms with van der Waals surface area (Å²) in [5.41, 5.74) is 0. The fraction of sp³-hybridized carbons (Fsp3) is 0.933. The molecule has 1 fully saturated rings. The highest BCUT2D eigenvalue weighted by molar-refractivity contribution is 7.92. The summed E-state index contributed by atoms with van der Waals surface area (Å²) in [4.78, 5) is 6.26. The Labute approximate surface area is 135 Å². The van der Waals surface area contributed by atoms with Crippen LogP contribution in [-0.4, -0.2) is 69.7 Å². The molecule has 130 valence electrons. The highest BCUT2D eigenvalue weighted by Gasteiger charge is 2.40. The summed E-state index contributed by atoms with van der Waals surface area (Å²) >= 11 is 0. The van der Waals surface area contributed by atoms with E-state index < -0.39 is 14.6 Å². The Bertz CT molecular complexity index is 472. The van der Waals surface area contributed by atoms with Crippen LogP contribution in [0.25, 0.3) is 0 Å². The van der Waals surface area contributed by atoms with Crippen molar-refractivity contribution in [3.8, 4) is 0 Å². The van der Waals surface area contributed by atoms with Gasteiger partial charge in [0.1, 0.15) is 0 Å². The topological polar surface area (TPSA) is 71.0 Å². The largest absolute Gasteiger partial charge is 0.380 e. The summed E-state index contributed by atoms with van der Waals surface area (Å²) < 4.78 is 28.9. The summed E-state index contributed by atoms with van der Waals surface area (Å²) in [5, 5.41) is 3.25. The van der Waals surface area contributed by atoms with Crippen LogP contribution in [0.15, 0.2) is 4.99 Å². The molecule has 6 nitrogen and oxygen atoms in total. The molecule has 1 N–H and O–H groups in total. The van der Waals surface area contributed by atoms with Crippen LogP contribution in [0.4, 0.5) is 0 Å².